The molecule has 0 amide bonds. The molecule has 1 heterocycles. The fraction of sp³-hybridized carbons (Fsp3) is 0.125. The molecule has 0 unspecified atom stereocenters. The van der Waals surface area contributed by atoms with Crippen LogP contribution in [0, 0.1) is 0 Å². The molecule has 0 fully saturated rings. The zero-order valence-corrected chi connectivity index (χ0v) is 18.3. The lowest BCUT2D eigenvalue weighted by atomic mass is 10.1. The Labute approximate surface area is 182 Å². The third-order valence-electron chi connectivity index (χ3n) is 4.97. The summed E-state index contributed by atoms with van der Waals surface area (Å²) >= 11 is 0. The Kier molecular flexibility index (Phi) is 6.19. The lowest BCUT2D eigenvalue weighted by Gasteiger charge is -2.07. The maximum atomic E-state index is 5.94. The molecular weight excluding hydrogens is 459 g/mol. The van der Waals surface area contributed by atoms with Crippen molar-refractivity contribution in [3.8, 4) is 17.1 Å². The van der Waals surface area contributed by atoms with Gasteiger partial charge in [0.15, 0.2) is 11.0 Å². The largest absolute Gasteiger partial charge is 1.00 e. The number of aromatic nitrogens is 2. The van der Waals surface area contributed by atoms with E-state index in [4.69, 9.17) is 4.74 Å². The minimum atomic E-state index is 0. The molecule has 0 aliphatic carbocycles. The van der Waals surface area contributed by atoms with E-state index in [0.717, 1.165) is 16.9 Å². The third kappa shape index (κ3) is 3.83. The highest BCUT2D eigenvalue weighted by atomic mass is 127. The predicted molar refractivity (Wildman–Crippen MR) is 110 cm³/mol. The second kappa shape index (κ2) is 8.61. The number of hydrogen-bond donors (Lipinski definition) is 0. The molecule has 0 saturated heterocycles. The molecule has 0 N–H and O–H groups in total. The Morgan fingerprint density at radius 3 is 2.29 bits per heavy atom. The molecule has 28 heavy (non-hydrogen) atoms. The van der Waals surface area contributed by atoms with Crippen LogP contribution in [0.15, 0.2) is 79.4 Å². The van der Waals surface area contributed by atoms with E-state index >= 15 is 0 Å². The number of hydrogen-bond acceptors (Lipinski definition) is 1. The molecule has 0 aliphatic rings. The molecule has 1 aromatic heterocycles. The summed E-state index contributed by atoms with van der Waals surface area (Å²) < 4.78 is 10.4. The lowest BCUT2D eigenvalue weighted by Crippen LogP contribution is -3.00. The van der Waals surface area contributed by atoms with E-state index in [1.165, 1.54) is 22.4 Å². The third-order valence-corrected chi connectivity index (χ3v) is 4.97. The second-order valence-corrected chi connectivity index (χ2v) is 6.69. The standard InChI is InChI=1S/C24H23N2O.HI/c1-4-18-9-11-19(12-10-18)17-27-21-15-13-20(14-16-21)24-25(2)22-7-5-6-8-23(22)26(24)3;/h4-16H,1,17H2,2-3H3;1H/q+1;/p-1. The summed E-state index contributed by atoms with van der Waals surface area (Å²) in [6.07, 6.45) is 1.84. The van der Waals surface area contributed by atoms with Gasteiger partial charge in [0.2, 0.25) is 0 Å². The van der Waals surface area contributed by atoms with Crippen molar-refractivity contribution in [2.24, 2.45) is 14.1 Å². The first-order valence-corrected chi connectivity index (χ1v) is 9.05. The summed E-state index contributed by atoms with van der Waals surface area (Å²) in [6.45, 7) is 4.33. The van der Waals surface area contributed by atoms with Crippen LogP contribution in [0.3, 0.4) is 0 Å². The van der Waals surface area contributed by atoms with E-state index in [0.29, 0.717) is 6.61 Å². The number of nitrogens with zero attached hydrogens (tertiary/aromatic N) is 2. The predicted octanol–water partition coefficient (Wildman–Crippen LogP) is 1.90. The van der Waals surface area contributed by atoms with Gasteiger partial charge in [0, 0.05) is 0 Å². The van der Waals surface area contributed by atoms with Crippen LogP contribution in [0.25, 0.3) is 28.5 Å². The summed E-state index contributed by atoms with van der Waals surface area (Å²) in [7, 11) is 4.21. The van der Waals surface area contributed by atoms with Gasteiger partial charge in [-0.15, -0.1) is 0 Å². The normalized spacial score (nSPS) is 10.5. The maximum absolute atomic E-state index is 5.94. The van der Waals surface area contributed by atoms with Gasteiger partial charge in [-0.25, -0.2) is 9.13 Å². The highest BCUT2D eigenvalue weighted by Gasteiger charge is 2.21. The molecule has 0 saturated carbocycles. The van der Waals surface area contributed by atoms with E-state index in [1.807, 2.05) is 18.2 Å². The van der Waals surface area contributed by atoms with Gasteiger partial charge in [-0.2, -0.15) is 0 Å². The Hall–Kier alpha value is -2.60. The molecule has 3 nitrogen and oxygen atoms in total. The average Bonchev–Trinajstić information content (AvgIpc) is 2.98. The van der Waals surface area contributed by atoms with E-state index in [1.54, 1.807) is 0 Å². The molecule has 4 aromatic rings. The van der Waals surface area contributed by atoms with Crippen molar-refractivity contribution in [1.82, 2.24) is 4.57 Å². The second-order valence-electron chi connectivity index (χ2n) is 6.69. The summed E-state index contributed by atoms with van der Waals surface area (Å²) in [5.41, 5.74) is 5.87. The van der Waals surface area contributed by atoms with Gasteiger partial charge in [0.1, 0.15) is 12.4 Å². The summed E-state index contributed by atoms with van der Waals surface area (Å²) in [6, 6.07) is 25.0. The number of fused-ring (bicyclic) bond motifs is 1. The van der Waals surface area contributed by atoms with Gasteiger partial charge in [0.05, 0.1) is 19.7 Å². The lowest BCUT2D eigenvalue weighted by molar-refractivity contribution is -0.634. The number of imidazole rings is 1. The number of ether oxygens (including phenoxy) is 1. The smallest absolute Gasteiger partial charge is 0.289 e. The van der Waals surface area contributed by atoms with Crippen LogP contribution in [-0.2, 0) is 20.7 Å². The van der Waals surface area contributed by atoms with E-state index in [9.17, 15) is 0 Å². The summed E-state index contributed by atoms with van der Waals surface area (Å²) in [4.78, 5) is 0. The van der Waals surface area contributed by atoms with Crippen LogP contribution in [0.5, 0.6) is 5.75 Å². The zero-order chi connectivity index (χ0) is 18.8. The molecule has 0 spiro atoms. The van der Waals surface area contributed by atoms with Crippen LogP contribution in [0.2, 0.25) is 0 Å². The number of halogens is 1. The summed E-state index contributed by atoms with van der Waals surface area (Å²) in [5.74, 6) is 2.04. The van der Waals surface area contributed by atoms with Gasteiger partial charge < -0.3 is 28.7 Å². The van der Waals surface area contributed by atoms with Gasteiger partial charge in [-0.1, -0.05) is 49.1 Å². The molecule has 0 radical (unpaired) electrons. The Morgan fingerprint density at radius 1 is 0.964 bits per heavy atom. The molecule has 4 rings (SSSR count). The van der Waals surface area contributed by atoms with E-state index in [-0.39, 0.29) is 24.0 Å². The van der Waals surface area contributed by atoms with Crippen molar-refractivity contribution in [2.75, 3.05) is 0 Å². The monoisotopic (exact) mass is 482 g/mol. The van der Waals surface area contributed by atoms with Crippen LogP contribution in [0.4, 0.5) is 0 Å². The molecule has 142 valence electrons. The fourth-order valence-corrected chi connectivity index (χ4v) is 3.49. The van der Waals surface area contributed by atoms with Crippen LogP contribution in [-0.4, -0.2) is 4.57 Å². The first-order valence-electron chi connectivity index (χ1n) is 9.05. The molecule has 0 bridgehead atoms. The first-order chi connectivity index (χ1) is 13.2. The fourth-order valence-electron chi connectivity index (χ4n) is 3.49. The van der Waals surface area contributed by atoms with Crippen molar-refractivity contribution < 1.29 is 33.3 Å². The first kappa shape index (κ1) is 20.1. The molecule has 4 heteroatoms. The van der Waals surface area contributed by atoms with Crippen LogP contribution in [0.1, 0.15) is 11.1 Å². The van der Waals surface area contributed by atoms with Crippen molar-refractivity contribution >= 4 is 17.1 Å². The number of aryl methyl sites for hydroxylation is 2. The van der Waals surface area contributed by atoms with Crippen LogP contribution >= 0.6 is 0 Å². The topological polar surface area (TPSA) is 18.0 Å². The van der Waals surface area contributed by atoms with Crippen LogP contribution < -0.4 is 33.3 Å². The zero-order valence-electron chi connectivity index (χ0n) is 16.1. The average molecular weight is 482 g/mol. The summed E-state index contributed by atoms with van der Waals surface area (Å²) in [5, 5.41) is 0. The van der Waals surface area contributed by atoms with Crippen molar-refractivity contribution in [2.45, 2.75) is 6.61 Å². The Balaban J connectivity index is 0.00000225. The molecule has 0 atom stereocenters. The Morgan fingerprint density at radius 2 is 1.64 bits per heavy atom. The van der Waals surface area contributed by atoms with Crippen molar-refractivity contribution in [3.63, 3.8) is 0 Å². The number of rotatable bonds is 5. The Bertz CT molecular complexity index is 1060. The minimum absolute atomic E-state index is 0. The molecular formula is C24H23IN2O. The number of para-hydroxylation sites is 2. The van der Waals surface area contributed by atoms with E-state index in [2.05, 4.69) is 90.5 Å². The quantitative estimate of drug-likeness (QED) is 0.314. The molecule has 0 aliphatic heterocycles. The van der Waals surface area contributed by atoms with Gasteiger partial charge in [-0.05, 0) is 47.5 Å². The minimum Gasteiger partial charge on any atom is -1.00 e. The van der Waals surface area contributed by atoms with Crippen molar-refractivity contribution in [1.29, 1.82) is 0 Å². The van der Waals surface area contributed by atoms with Gasteiger partial charge in [-0.3, -0.25) is 0 Å². The highest BCUT2D eigenvalue weighted by molar-refractivity contribution is 5.75. The SMILES string of the molecule is C=Cc1ccc(COc2ccc(-c3n(C)c4ccccc4[n+]3C)cc2)cc1.[I-]. The molecule has 3 aromatic carbocycles. The van der Waals surface area contributed by atoms with Gasteiger partial charge >= 0.3 is 0 Å². The van der Waals surface area contributed by atoms with Gasteiger partial charge in [0.25, 0.3) is 5.82 Å². The number of benzene rings is 3. The highest BCUT2D eigenvalue weighted by Crippen LogP contribution is 2.24. The van der Waals surface area contributed by atoms with E-state index < -0.39 is 0 Å². The maximum Gasteiger partial charge on any atom is 0.289 e. The van der Waals surface area contributed by atoms with Crippen molar-refractivity contribution in [3.05, 3.63) is 90.5 Å².